The van der Waals surface area contributed by atoms with Gasteiger partial charge < -0.3 is 4.74 Å². The van der Waals surface area contributed by atoms with Crippen molar-refractivity contribution in [1.82, 2.24) is 14.8 Å². The lowest BCUT2D eigenvalue weighted by molar-refractivity contribution is -0.134. The van der Waals surface area contributed by atoms with Crippen LogP contribution in [0.3, 0.4) is 0 Å². The first-order valence-electron chi connectivity index (χ1n) is 8.97. The molecule has 1 aromatic heterocycles. The van der Waals surface area contributed by atoms with E-state index in [1.165, 1.54) is 28.7 Å². The smallest absolute Gasteiger partial charge is 0.313 e. The van der Waals surface area contributed by atoms with Crippen LogP contribution in [-0.2, 0) is 21.4 Å². The summed E-state index contributed by atoms with van der Waals surface area (Å²) >= 11 is 0. The van der Waals surface area contributed by atoms with Gasteiger partial charge in [0, 0.05) is 7.05 Å². The molecule has 0 aliphatic carbocycles. The van der Waals surface area contributed by atoms with E-state index < -0.39 is 16.0 Å². The normalized spacial score (nSPS) is 11.3. The molecule has 29 heavy (non-hydrogen) atoms. The van der Waals surface area contributed by atoms with Crippen LogP contribution in [0.5, 0.6) is 5.75 Å². The molecule has 0 amide bonds. The maximum absolute atomic E-state index is 12.9. The van der Waals surface area contributed by atoms with Crippen molar-refractivity contribution in [2.75, 3.05) is 11.4 Å². The molecule has 0 radical (unpaired) electrons. The average Bonchev–Trinajstić information content (AvgIpc) is 3.22. The Morgan fingerprint density at radius 2 is 1.83 bits per heavy atom. The van der Waals surface area contributed by atoms with E-state index in [2.05, 4.69) is 10.1 Å². The van der Waals surface area contributed by atoms with Crippen LogP contribution in [0.1, 0.15) is 17.5 Å². The molecule has 8 nitrogen and oxygen atoms in total. The van der Waals surface area contributed by atoms with E-state index in [-0.39, 0.29) is 11.3 Å². The number of carbonyl (C=O) groups excluding carboxylic acids is 1. The molecule has 0 bridgehead atoms. The Morgan fingerprint density at radius 1 is 1.10 bits per heavy atom. The summed E-state index contributed by atoms with van der Waals surface area (Å²) < 4.78 is 33.8. The van der Waals surface area contributed by atoms with Crippen LogP contribution < -0.4 is 9.04 Å². The standard InChI is InChI=1S/C20H22N4O4S/c1-15-4-9-19(12-16(15)2)29(26,27)23(3)17-5-7-18(8-6-17)28-20(25)10-11-24-14-21-13-22-24/h4-9,12-14H,10-11H2,1-3H3. The van der Waals surface area contributed by atoms with Gasteiger partial charge in [-0.1, -0.05) is 6.07 Å². The summed E-state index contributed by atoms with van der Waals surface area (Å²) in [6.45, 7) is 4.18. The highest BCUT2D eigenvalue weighted by atomic mass is 32.2. The first-order chi connectivity index (χ1) is 13.8. The van der Waals surface area contributed by atoms with Crippen molar-refractivity contribution >= 4 is 21.7 Å². The van der Waals surface area contributed by atoms with Gasteiger partial charge in [-0.25, -0.2) is 13.4 Å². The number of aryl methyl sites for hydroxylation is 3. The number of carbonyl (C=O) groups is 1. The fourth-order valence-electron chi connectivity index (χ4n) is 2.63. The van der Waals surface area contributed by atoms with Crippen molar-refractivity contribution in [3.05, 3.63) is 66.2 Å². The second-order valence-electron chi connectivity index (χ2n) is 6.60. The predicted octanol–water partition coefficient (Wildman–Crippen LogP) is 2.72. The number of rotatable bonds is 7. The highest BCUT2D eigenvalue weighted by molar-refractivity contribution is 7.92. The Morgan fingerprint density at radius 3 is 2.45 bits per heavy atom. The number of ether oxygens (including phenoxy) is 1. The van der Waals surface area contributed by atoms with Crippen LogP contribution in [0.25, 0.3) is 0 Å². The van der Waals surface area contributed by atoms with E-state index in [1.54, 1.807) is 42.5 Å². The molecule has 3 rings (SSSR count). The van der Waals surface area contributed by atoms with Gasteiger partial charge in [0.05, 0.1) is 23.5 Å². The molecule has 2 aromatic carbocycles. The second kappa shape index (κ2) is 8.44. The van der Waals surface area contributed by atoms with Gasteiger partial charge in [0.15, 0.2) is 0 Å². The van der Waals surface area contributed by atoms with Crippen LogP contribution in [0, 0.1) is 13.8 Å². The highest BCUT2D eigenvalue weighted by Gasteiger charge is 2.21. The van der Waals surface area contributed by atoms with Crippen LogP contribution in [-0.4, -0.2) is 36.2 Å². The van der Waals surface area contributed by atoms with Crippen molar-refractivity contribution in [2.24, 2.45) is 0 Å². The Balaban J connectivity index is 1.66. The summed E-state index contributed by atoms with van der Waals surface area (Å²) in [4.78, 5) is 16.0. The minimum atomic E-state index is -3.69. The van der Waals surface area contributed by atoms with Gasteiger partial charge in [-0.3, -0.25) is 13.8 Å². The van der Waals surface area contributed by atoms with Crippen molar-refractivity contribution in [3.8, 4) is 5.75 Å². The Kier molecular flexibility index (Phi) is 5.97. The largest absolute Gasteiger partial charge is 0.426 e. The van der Waals surface area contributed by atoms with E-state index in [9.17, 15) is 13.2 Å². The summed E-state index contributed by atoms with van der Waals surface area (Å²) in [7, 11) is -2.20. The zero-order valence-electron chi connectivity index (χ0n) is 16.4. The van der Waals surface area contributed by atoms with E-state index in [0.29, 0.717) is 18.0 Å². The summed E-state index contributed by atoms with van der Waals surface area (Å²) in [5.74, 6) is -0.0707. The SMILES string of the molecule is Cc1ccc(S(=O)(=O)N(C)c2ccc(OC(=O)CCn3cncn3)cc2)cc1C. The summed E-state index contributed by atoms with van der Waals surface area (Å²) in [5, 5.41) is 3.92. The molecule has 0 unspecified atom stereocenters. The average molecular weight is 414 g/mol. The number of hydrogen-bond donors (Lipinski definition) is 0. The predicted molar refractivity (Wildman–Crippen MR) is 108 cm³/mol. The third-order valence-corrected chi connectivity index (χ3v) is 6.36. The number of esters is 1. The van der Waals surface area contributed by atoms with Gasteiger partial charge >= 0.3 is 5.97 Å². The lowest BCUT2D eigenvalue weighted by Crippen LogP contribution is -2.26. The minimum Gasteiger partial charge on any atom is -0.426 e. The van der Waals surface area contributed by atoms with Crippen LogP contribution in [0.4, 0.5) is 5.69 Å². The molecule has 0 saturated carbocycles. The topological polar surface area (TPSA) is 94.4 Å². The van der Waals surface area contributed by atoms with Gasteiger partial charge in [0.2, 0.25) is 0 Å². The van der Waals surface area contributed by atoms with Crippen molar-refractivity contribution < 1.29 is 17.9 Å². The third kappa shape index (κ3) is 4.80. The number of aromatic nitrogens is 3. The van der Waals surface area contributed by atoms with Gasteiger partial charge in [0.25, 0.3) is 10.0 Å². The molecule has 0 atom stereocenters. The van der Waals surface area contributed by atoms with Crippen molar-refractivity contribution in [1.29, 1.82) is 0 Å². The van der Waals surface area contributed by atoms with Gasteiger partial charge in [-0.2, -0.15) is 5.10 Å². The van der Waals surface area contributed by atoms with E-state index in [4.69, 9.17) is 4.74 Å². The van der Waals surface area contributed by atoms with Crippen molar-refractivity contribution in [3.63, 3.8) is 0 Å². The Hall–Kier alpha value is -3.20. The molecule has 152 valence electrons. The summed E-state index contributed by atoms with van der Waals surface area (Å²) in [6.07, 6.45) is 3.06. The second-order valence-corrected chi connectivity index (χ2v) is 8.56. The van der Waals surface area contributed by atoms with Crippen LogP contribution >= 0.6 is 0 Å². The minimum absolute atomic E-state index is 0.145. The van der Waals surface area contributed by atoms with E-state index >= 15 is 0 Å². The maximum atomic E-state index is 12.9. The lowest BCUT2D eigenvalue weighted by Gasteiger charge is -2.20. The highest BCUT2D eigenvalue weighted by Crippen LogP contribution is 2.25. The van der Waals surface area contributed by atoms with Crippen LogP contribution in [0.2, 0.25) is 0 Å². The Labute approximate surface area is 169 Å². The summed E-state index contributed by atoms with van der Waals surface area (Å²) in [6, 6.07) is 11.4. The molecule has 0 aliphatic heterocycles. The summed E-state index contributed by atoms with van der Waals surface area (Å²) in [5.41, 5.74) is 2.40. The lowest BCUT2D eigenvalue weighted by atomic mass is 10.1. The third-order valence-electron chi connectivity index (χ3n) is 4.58. The molecular formula is C20H22N4O4S. The van der Waals surface area contributed by atoms with E-state index in [0.717, 1.165) is 11.1 Å². The van der Waals surface area contributed by atoms with Crippen LogP contribution in [0.15, 0.2) is 60.0 Å². The maximum Gasteiger partial charge on any atom is 0.313 e. The molecular weight excluding hydrogens is 392 g/mol. The number of anilines is 1. The molecule has 1 heterocycles. The fraction of sp³-hybridized carbons (Fsp3) is 0.250. The number of benzene rings is 2. The number of sulfonamides is 1. The van der Waals surface area contributed by atoms with Crippen molar-refractivity contribution in [2.45, 2.75) is 31.7 Å². The first kappa shape index (κ1) is 20.5. The zero-order chi connectivity index (χ0) is 21.0. The van der Waals surface area contributed by atoms with Gasteiger partial charge in [0.1, 0.15) is 18.4 Å². The molecule has 0 fully saturated rings. The van der Waals surface area contributed by atoms with E-state index in [1.807, 2.05) is 13.8 Å². The molecule has 0 N–H and O–H groups in total. The van der Waals surface area contributed by atoms with Gasteiger partial charge in [-0.15, -0.1) is 0 Å². The number of nitrogens with zero attached hydrogens (tertiary/aromatic N) is 4. The molecule has 0 aliphatic rings. The molecule has 0 saturated heterocycles. The molecule has 0 spiro atoms. The Bertz CT molecular complexity index is 1090. The zero-order valence-corrected chi connectivity index (χ0v) is 17.3. The molecule has 9 heteroatoms. The monoisotopic (exact) mass is 414 g/mol. The molecule has 3 aromatic rings. The quantitative estimate of drug-likeness (QED) is 0.436. The fourth-order valence-corrected chi connectivity index (χ4v) is 3.91. The first-order valence-corrected chi connectivity index (χ1v) is 10.4. The number of hydrogen-bond acceptors (Lipinski definition) is 6. The van der Waals surface area contributed by atoms with Gasteiger partial charge in [-0.05, 0) is 61.4 Å².